The second kappa shape index (κ2) is 6.81. The van der Waals surface area contributed by atoms with Crippen LogP contribution in [0.15, 0.2) is 48.5 Å². The first-order valence-electron chi connectivity index (χ1n) is 8.72. The zero-order chi connectivity index (χ0) is 19.8. The summed E-state index contributed by atoms with van der Waals surface area (Å²) in [5.41, 5.74) is 1.28. The van der Waals surface area contributed by atoms with Crippen molar-refractivity contribution in [3.05, 3.63) is 59.7 Å². The average Bonchev–Trinajstić information content (AvgIpc) is 2.78. The molecule has 27 heavy (non-hydrogen) atoms. The quantitative estimate of drug-likeness (QED) is 0.875. The van der Waals surface area contributed by atoms with E-state index in [4.69, 9.17) is 0 Å². The third-order valence-corrected chi connectivity index (χ3v) is 6.57. The largest absolute Gasteiger partial charge is 0.322 e. The molecule has 0 spiro atoms. The fourth-order valence-corrected chi connectivity index (χ4v) is 5.16. The number of hydrogen-bond acceptors (Lipinski definition) is 4. The van der Waals surface area contributed by atoms with Crippen molar-refractivity contribution in [1.82, 2.24) is 0 Å². The van der Waals surface area contributed by atoms with E-state index in [2.05, 4.69) is 5.32 Å². The summed E-state index contributed by atoms with van der Waals surface area (Å²) in [5.74, 6) is -1.11. The van der Waals surface area contributed by atoms with Gasteiger partial charge in [0, 0.05) is 11.3 Å². The minimum Gasteiger partial charge on any atom is -0.322 e. The number of benzene rings is 2. The Bertz CT molecular complexity index is 995. The van der Waals surface area contributed by atoms with Gasteiger partial charge in [-0.25, -0.2) is 12.7 Å². The molecule has 3 rings (SSSR count). The van der Waals surface area contributed by atoms with Gasteiger partial charge >= 0.3 is 0 Å². The lowest BCUT2D eigenvalue weighted by Gasteiger charge is -2.18. The fraction of sp³-hybridized carbons (Fsp3) is 0.300. The number of amides is 2. The van der Waals surface area contributed by atoms with Gasteiger partial charge in [-0.3, -0.25) is 9.59 Å². The molecule has 0 bridgehead atoms. The number of rotatable bonds is 4. The molecule has 1 heterocycles. The second-order valence-electron chi connectivity index (χ2n) is 7.26. The normalized spacial score (nSPS) is 17.7. The Labute approximate surface area is 159 Å². The molecule has 1 aliphatic rings. The number of aryl methyl sites for hydroxylation is 1. The SMILES string of the molecule is CCc1ccc(NC(=O)c2cccc(N3C(=O)C(C)(C)CS3(=O)=O)c2)cc1. The minimum atomic E-state index is -3.75. The molecule has 6 nitrogen and oxygen atoms in total. The van der Waals surface area contributed by atoms with Gasteiger partial charge in [-0.05, 0) is 56.2 Å². The molecule has 2 aromatic carbocycles. The molecule has 2 amide bonds. The summed E-state index contributed by atoms with van der Waals surface area (Å²) < 4.78 is 25.7. The molecule has 7 heteroatoms. The number of sulfonamides is 1. The van der Waals surface area contributed by atoms with E-state index < -0.39 is 21.3 Å². The van der Waals surface area contributed by atoms with Crippen LogP contribution in [0.2, 0.25) is 0 Å². The van der Waals surface area contributed by atoms with Crippen molar-refractivity contribution in [1.29, 1.82) is 0 Å². The predicted octanol–water partition coefficient (Wildman–Crippen LogP) is 3.20. The highest BCUT2D eigenvalue weighted by atomic mass is 32.2. The molecule has 1 N–H and O–H groups in total. The van der Waals surface area contributed by atoms with Crippen LogP contribution in [0, 0.1) is 5.41 Å². The summed E-state index contributed by atoms with van der Waals surface area (Å²) in [4.78, 5) is 25.1. The van der Waals surface area contributed by atoms with Crippen LogP contribution >= 0.6 is 0 Å². The van der Waals surface area contributed by atoms with Gasteiger partial charge < -0.3 is 5.32 Å². The molecule has 0 saturated carbocycles. The molecule has 0 atom stereocenters. The Hall–Kier alpha value is -2.67. The van der Waals surface area contributed by atoms with Gasteiger partial charge in [-0.1, -0.05) is 25.1 Å². The molecule has 2 aromatic rings. The van der Waals surface area contributed by atoms with Gasteiger partial charge in [0.15, 0.2) is 0 Å². The van der Waals surface area contributed by atoms with Crippen LogP contribution in [-0.2, 0) is 21.2 Å². The number of nitrogens with one attached hydrogen (secondary N) is 1. The predicted molar refractivity (Wildman–Crippen MR) is 105 cm³/mol. The highest BCUT2D eigenvalue weighted by molar-refractivity contribution is 7.94. The molecule has 1 aliphatic heterocycles. The van der Waals surface area contributed by atoms with E-state index in [1.54, 1.807) is 26.0 Å². The first kappa shape index (κ1) is 19.1. The van der Waals surface area contributed by atoms with Crippen molar-refractivity contribution < 1.29 is 18.0 Å². The van der Waals surface area contributed by atoms with Gasteiger partial charge in [0.25, 0.3) is 5.91 Å². The Kier molecular flexibility index (Phi) is 4.82. The highest BCUT2D eigenvalue weighted by Crippen LogP contribution is 2.35. The summed E-state index contributed by atoms with van der Waals surface area (Å²) in [7, 11) is -3.75. The lowest BCUT2D eigenvalue weighted by Crippen LogP contribution is -2.33. The van der Waals surface area contributed by atoms with Crippen LogP contribution in [0.25, 0.3) is 0 Å². The summed E-state index contributed by atoms with van der Waals surface area (Å²) in [6.45, 7) is 5.25. The number of carbonyl (C=O) groups excluding carboxylic acids is 2. The number of carbonyl (C=O) groups is 2. The first-order chi connectivity index (χ1) is 12.6. The maximum atomic E-state index is 12.5. The van der Waals surface area contributed by atoms with Gasteiger partial charge in [0.05, 0.1) is 16.9 Å². The van der Waals surface area contributed by atoms with E-state index in [1.807, 2.05) is 31.2 Å². The van der Waals surface area contributed by atoms with Crippen molar-refractivity contribution in [3.63, 3.8) is 0 Å². The molecular formula is C20H22N2O4S. The number of anilines is 2. The standard InChI is InChI=1S/C20H22N2O4S/c1-4-14-8-10-16(11-9-14)21-18(23)15-6-5-7-17(12-15)22-19(24)20(2,3)13-27(22,25)26/h5-12H,4,13H2,1-3H3,(H,21,23). The Morgan fingerprint density at radius 3 is 2.37 bits per heavy atom. The Morgan fingerprint density at radius 2 is 1.81 bits per heavy atom. The maximum absolute atomic E-state index is 12.5. The van der Waals surface area contributed by atoms with Gasteiger partial charge in [0.1, 0.15) is 0 Å². The van der Waals surface area contributed by atoms with Crippen LogP contribution in [0.1, 0.15) is 36.7 Å². The lowest BCUT2D eigenvalue weighted by atomic mass is 9.95. The van der Waals surface area contributed by atoms with E-state index >= 15 is 0 Å². The van der Waals surface area contributed by atoms with Crippen molar-refractivity contribution in [2.45, 2.75) is 27.2 Å². The number of hydrogen-bond donors (Lipinski definition) is 1. The van der Waals surface area contributed by atoms with Crippen LogP contribution in [-0.4, -0.2) is 26.0 Å². The lowest BCUT2D eigenvalue weighted by molar-refractivity contribution is -0.123. The van der Waals surface area contributed by atoms with Crippen LogP contribution in [0.5, 0.6) is 0 Å². The summed E-state index contributed by atoms with van der Waals surface area (Å²) in [5, 5.41) is 2.78. The molecule has 142 valence electrons. The van der Waals surface area contributed by atoms with Gasteiger partial charge in [-0.15, -0.1) is 0 Å². The van der Waals surface area contributed by atoms with Crippen molar-refractivity contribution >= 4 is 33.2 Å². The Morgan fingerprint density at radius 1 is 1.15 bits per heavy atom. The summed E-state index contributed by atoms with van der Waals surface area (Å²) >= 11 is 0. The van der Waals surface area contributed by atoms with E-state index in [9.17, 15) is 18.0 Å². The maximum Gasteiger partial charge on any atom is 0.255 e. The fourth-order valence-electron chi connectivity index (χ4n) is 3.06. The zero-order valence-electron chi connectivity index (χ0n) is 15.5. The molecule has 0 unspecified atom stereocenters. The van der Waals surface area contributed by atoms with E-state index in [1.165, 1.54) is 12.1 Å². The highest BCUT2D eigenvalue weighted by Gasteiger charge is 2.49. The zero-order valence-corrected chi connectivity index (χ0v) is 16.3. The molecule has 0 aromatic heterocycles. The molecular weight excluding hydrogens is 364 g/mol. The first-order valence-corrected chi connectivity index (χ1v) is 10.3. The average molecular weight is 386 g/mol. The topological polar surface area (TPSA) is 83.6 Å². The van der Waals surface area contributed by atoms with Crippen LogP contribution in [0.3, 0.4) is 0 Å². The Balaban J connectivity index is 1.87. The molecule has 1 saturated heterocycles. The van der Waals surface area contributed by atoms with E-state index in [0.717, 1.165) is 16.3 Å². The molecule has 0 aliphatic carbocycles. The van der Waals surface area contributed by atoms with Gasteiger partial charge in [0.2, 0.25) is 15.9 Å². The van der Waals surface area contributed by atoms with Crippen molar-refractivity contribution in [2.75, 3.05) is 15.4 Å². The van der Waals surface area contributed by atoms with Crippen LogP contribution in [0.4, 0.5) is 11.4 Å². The summed E-state index contributed by atoms with van der Waals surface area (Å²) in [6, 6.07) is 13.6. The minimum absolute atomic E-state index is 0.180. The molecule has 0 radical (unpaired) electrons. The smallest absolute Gasteiger partial charge is 0.255 e. The van der Waals surface area contributed by atoms with E-state index in [0.29, 0.717) is 5.69 Å². The van der Waals surface area contributed by atoms with E-state index in [-0.39, 0.29) is 22.9 Å². The number of nitrogens with zero attached hydrogens (tertiary/aromatic N) is 1. The summed E-state index contributed by atoms with van der Waals surface area (Å²) in [6.07, 6.45) is 0.908. The van der Waals surface area contributed by atoms with Crippen molar-refractivity contribution in [2.24, 2.45) is 5.41 Å². The third kappa shape index (κ3) is 3.73. The molecule has 1 fully saturated rings. The third-order valence-electron chi connectivity index (χ3n) is 4.55. The monoisotopic (exact) mass is 386 g/mol. The van der Waals surface area contributed by atoms with Crippen LogP contribution < -0.4 is 9.62 Å². The second-order valence-corrected chi connectivity index (χ2v) is 9.08. The van der Waals surface area contributed by atoms with Gasteiger partial charge in [-0.2, -0.15) is 0 Å². The van der Waals surface area contributed by atoms with Crippen molar-refractivity contribution in [3.8, 4) is 0 Å².